The normalized spacial score (nSPS) is 38.9. The van der Waals surface area contributed by atoms with E-state index >= 15 is 0 Å². The Kier molecular flexibility index (Phi) is 0.879. The second-order valence-corrected chi connectivity index (χ2v) is 3.23. The van der Waals surface area contributed by atoms with Crippen molar-refractivity contribution in [1.29, 1.82) is 0 Å². The van der Waals surface area contributed by atoms with Gasteiger partial charge in [-0.05, 0) is 32.1 Å². The molecule has 0 heteroatoms. The maximum atomic E-state index is 2.35. The predicted octanol–water partition coefficient (Wildman–Crippen LogP) is 2.53. The summed E-state index contributed by atoms with van der Waals surface area (Å²) in [5, 5.41) is 0. The zero-order valence-corrected chi connectivity index (χ0v) is 6.02. The maximum absolute atomic E-state index is 2.35. The van der Waals surface area contributed by atoms with Gasteiger partial charge in [0.25, 0.3) is 0 Å². The zero-order chi connectivity index (χ0) is 6.43. The minimum absolute atomic E-state index is 0.925. The van der Waals surface area contributed by atoms with E-state index < -0.39 is 0 Å². The Morgan fingerprint density at radius 2 is 2.22 bits per heavy atom. The predicted molar refractivity (Wildman–Crippen MR) is 39.1 cm³/mol. The Bertz CT molecular complexity index is 196. The van der Waals surface area contributed by atoms with Gasteiger partial charge in [0.05, 0.1) is 0 Å². The molecule has 0 nitrogen and oxygen atoms in total. The topological polar surface area (TPSA) is 0 Å². The van der Waals surface area contributed by atoms with Gasteiger partial charge in [-0.15, -0.1) is 0 Å². The lowest BCUT2D eigenvalue weighted by Crippen LogP contribution is -1.90. The van der Waals surface area contributed by atoms with E-state index in [1.807, 2.05) is 0 Å². The van der Waals surface area contributed by atoms with Gasteiger partial charge in [-0.25, -0.2) is 0 Å². The molecule has 0 aromatic carbocycles. The first kappa shape index (κ1) is 5.28. The summed E-state index contributed by atoms with van der Waals surface area (Å²) in [6, 6.07) is 0. The molecule has 0 aromatic rings. The molecule has 0 N–H and O–H groups in total. The van der Waals surface area contributed by atoms with E-state index in [2.05, 4.69) is 26.0 Å². The van der Waals surface area contributed by atoms with E-state index in [1.165, 1.54) is 12.0 Å². The van der Waals surface area contributed by atoms with Gasteiger partial charge in [0.2, 0.25) is 0 Å². The minimum Gasteiger partial charge on any atom is -0.0805 e. The van der Waals surface area contributed by atoms with E-state index in [1.54, 1.807) is 5.57 Å². The first-order valence-corrected chi connectivity index (χ1v) is 3.64. The lowest BCUT2D eigenvalue weighted by Gasteiger charge is -2.05. The molecule has 0 heterocycles. The van der Waals surface area contributed by atoms with Crippen LogP contribution in [0.15, 0.2) is 23.3 Å². The van der Waals surface area contributed by atoms with Crippen molar-refractivity contribution in [2.45, 2.75) is 20.3 Å². The standard InChI is InChI=1S/C9H12/c1-6-3-4-8-5-9(8)7(6)2/h3-4,8-9H,5H2,1-2H3. The molecule has 0 saturated heterocycles. The molecule has 0 spiro atoms. The second kappa shape index (κ2) is 1.50. The van der Waals surface area contributed by atoms with Crippen molar-refractivity contribution < 1.29 is 0 Å². The highest BCUT2D eigenvalue weighted by molar-refractivity contribution is 5.35. The molecule has 9 heavy (non-hydrogen) atoms. The lowest BCUT2D eigenvalue weighted by atomic mass is 10.0. The molecule has 0 radical (unpaired) electrons. The fourth-order valence-electron chi connectivity index (χ4n) is 1.62. The van der Waals surface area contributed by atoms with Crippen LogP contribution in [0.3, 0.4) is 0 Å². The van der Waals surface area contributed by atoms with Gasteiger partial charge in [-0.3, -0.25) is 0 Å². The SMILES string of the molecule is CC1=C(C)C2CC2C=C1. The van der Waals surface area contributed by atoms with E-state index in [4.69, 9.17) is 0 Å². The molecular formula is C9H12. The van der Waals surface area contributed by atoms with Crippen LogP contribution in [0.5, 0.6) is 0 Å². The van der Waals surface area contributed by atoms with Crippen LogP contribution in [-0.2, 0) is 0 Å². The monoisotopic (exact) mass is 120 g/mol. The number of hydrogen-bond donors (Lipinski definition) is 0. The van der Waals surface area contributed by atoms with Crippen molar-refractivity contribution >= 4 is 0 Å². The fourth-order valence-corrected chi connectivity index (χ4v) is 1.62. The molecule has 48 valence electrons. The molecule has 2 atom stereocenters. The van der Waals surface area contributed by atoms with Crippen LogP contribution in [-0.4, -0.2) is 0 Å². The Hall–Kier alpha value is -0.520. The molecule has 0 aromatic heterocycles. The van der Waals surface area contributed by atoms with Gasteiger partial charge in [0.15, 0.2) is 0 Å². The lowest BCUT2D eigenvalue weighted by molar-refractivity contribution is 0.890. The van der Waals surface area contributed by atoms with Crippen molar-refractivity contribution in [3.05, 3.63) is 23.3 Å². The molecule has 2 aliphatic carbocycles. The van der Waals surface area contributed by atoms with E-state index in [-0.39, 0.29) is 0 Å². The third-order valence-corrected chi connectivity index (χ3v) is 2.61. The Morgan fingerprint density at radius 1 is 1.44 bits per heavy atom. The number of fused-ring (bicyclic) bond motifs is 1. The fraction of sp³-hybridized carbons (Fsp3) is 0.556. The summed E-state index contributed by atoms with van der Waals surface area (Å²) in [4.78, 5) is 0. The van der Waals surface area contributed by atoms with Gasteiger partial charge in [-0.1, -0.05) is 23.3 Å². The van der Waals surface area contributed by atoms with Gasteiger partial charge in [0.1, 0.15) is 0 Å². The third-order valence-electron chi connectivity index (χ3n) is 2.61. The van der Waals surface area contributed by atoms with Gasteiger partial charge in [-0.2, -0.15) is 0 Å². The summed E-state index contributed by atoms with van der Waals surface area (Å²) in [5.41, 5.74) is 3.12. The van der Waals surface area contributed by atoms with Gasteiger partial charge >= 0.3 is 0 Å². The Morgan fingerprint density at radius 3 is 2.89 bits per heavy atom. The molecular weight excluding hydrogens is 108 g/mol. The summed E-state index contributed by atoms with van der Waals surface area (Å²) in [6.07, 6.45) is 6.04. The molecule has 2 aliphatic rings. The molecule has 2 rings (SSSR count). The minimum atomic E-state index is 0.925. The van der Waals surface area contributed by atoms with Gasteiger partial charge < -0.3 is 0 Å². The van der Waals surface area contributed by atoms with Crippen LogP contribution < -0.4 is 0 Å². The molecule has 1 saturated carbocycles. The van der Waals surface area contributed by atoms with E-state index in [0.29, 0.717) is 0 Å². The van der Waals surface area contributed by atoms with Crippen molar-refractivity contribution in [2.75, 3.05) is 0 Å². The first-order valence-electron chi connectivity index (χ1n) is 3.64. The Balaban J connectivity index is 2.36. The van der Waals surface area contributed by atoms with Crippen molar-refractivity contribution in [2.24, 2.45) is 11.8 Å². The average Bonchev–Trinajstić information content (AvgIpc) is 2.58. The molecule has 0 aliphatic heterocycles. The summed E-state index contributed by atoms with van der Waals surface area (Å²) in [7, 11) is 0. The maximum Gasteiger partial charge on any atom is -0.0131 e. The largest absolute Gasteiger partial charge is 0.0805 e. The number of rotatable bonds is 0. The first-order chi connectivity index (χ1) is 4.29. The van der Waals surface area contributed by atoms with Crippen LogP contribution >= 0.6 is 0 Å². The highest BCUT2D eigenvalue weighted by atomic mass is 14.4. The van der Waals surface area contributed by atoms with Crippen LogP contribution in [0.25, 0.3) is 0 Å². The van der Waals surface area contributed by atoms with E-state index in [9.17, 15) is 0 Å². The summed E-state index contributed by atoms with van der Waals surface area (Å²) >= 11 is 0. The quantitative estimate of drug-likeness (QED) is 0.461. The number of allylic oxidation sites excluding steroid dienone is 4. The summed E-state index contributed by atoms with van der Waals surface area (Å²) in [5.74, 6) is 1.86. The Labute approximate surface area is 56.3 Å². The number of hydrogen-bond acceptors (Lipinski definition) is 0. The zero-order valence-electron chi connectivity index (χ0n) is 6.02. The van der Waals surface area contributed by atoms with Crippen LogP contribution in [0.1, 0.15) is 20.3 Å². The molecule has 1 fully saturated rings. The summed E-state index contributed by atoms with van der Waals surface area (Å²) in [6.45, 7) is 4.48. The average molecular weight is 120 g/mol. The van der Waals surface area contributed by atoms with Crippen LogP contribution in [0.2, 0.25) is 0 Å². The second-order valence-electron chi connectivity index (χ2n) is 3.23. The summed E-state index contributed by atoms with van der Waals surface area (Å²) < 4.78 is 0. The molecule has 0 bridgehead atoms. The van der Waals surface area contributed by atoms with Crippen molar-refractivity contribution in [3.8, 4) is 0 Å². The molecule has 0 amide bonds. The van der Waals surface area contributed by atoms with Gasteiger partial charge in [0, 0.05) is 0 Å². The van der Waals surface area contributed by atoms with E-state index in [0.717, 1.165) is 11.8 Å². The molecule has 2 unspecified atom stereocenters. The van der Waals surface area contributed by atoms with Crippen LogP contribution in [0, 0.1) is 11.8 Å². The van der Waals surface area contributed by atoms with Crippen molar-refractivity contribution in [3.63, 3.8) is 0 Å². The highest BCUT2D eigenvalue weighted by Gasteiger charge is 2.38. The van der Waals surface area contributed by atoms with Crippen molar-refractivity contribution in [1.82, 2.24) is 0 Å². The third kappa shape index (κ3) is 0.658. The highest BCUT2D eigenvalue weighted by Crippen LogP contribution is 2.48. The smallest absolute Gasteiger partial charge is 0.0131 e. The van der Waals surface area contributed by atoms with Crippen LogP contribution in [0.4, 0.5) is 0 Å².